The molecule has 0 amide bonds. The molecular formula is C80H152O17P2. The number of aliphatic hydroxyl groups is 1. The number of rotatable bonds is 76. The van der Waals surface area contributed by atoms with Crippen molar-refractivity contribution >= 4 is 39.5 Å². The Labute approximate surface area is 605 Å². The number of aliphatic hydroxyl groups excluding tert-OH is 1. The van der Waals surface area contributed by atoms with Crippen LogP contribution in [-0.2, 0) is 65.4 Å². The van der Waals surface area contributed by atoms with Gasteiger partial charge in [-0.25, -0.2) is 9.13 Å². The first-order valence-electron chi connectivity index (χ1n) is 40.7. The molecule has 0 rings (SSSR count). The van der Waals surface area contributed by atoms with Crippen LogP contribution in [0, 0.1) is 17.8 Å². The zero-order chi connectivity index (χ0) is 73.0. The van der Waals surface area contributed by atoms with E-state index in [0.29, 0.717) is 31.6 Å². The highest BCUT2D eigenvalue weighted by Crippen LogP contribution is 2.45. The van der Waals surface area contributed by atoms with E-state index in [0.717, 1.165) is 121 Å². The SMILES string of the molecule is CCCCCC/C=C\C=C/CCCCCCCC(=O)O[C@H](COC(=O)CCCCCCCCCCCCCCCC(C)C)COP(=O)(O)OCC(O)COP(=O)(O)OC[C@@H](COC(=O)CCCCCCCCCC(C)C)OC(=O)CCCCCCCCCCCCCCCCC(C)CC. The van der Waals surface area contributed by atoms with Crippen molar-refractivity contribution in [2.24, 2.45) is 17.8 Å². The van der Waals surface area contributed by atoms with E-state index in [4.69, 9.17) is 37.0 Å². The monoisotopic (exact) mass is 1450 g/mol. The number of unbranched alkanes of at least 4 members (excludes halogenated alkanes) is 40. The Morgan fingerprint density at radius 3 is 0.899 bits per heavy atom. The minimum Gasteiger partial charge on any atom is -0.462 e. The van der Waals surface area contributed by atoms with Gasteiger partial charge in [-0.1, -0.05) is 336 Å². The number of carbonyl (C=O) groups excluding carboxylic acids is 4. The number of allylic oxidation sites excluding steroid dienone is 4. The zero-order valence-corrected chi connectivity index (χ0v) is 66.2. The summed E-state index contributed by atoms with van der Waals surface area (Å²) in [7, 11) is -9.93. The number of phosphoric ester groups is 2. The lowest BCUT2D eigenvalue weighted by Crippen LogP contribution is -2.30. The summed E-state index contributed by atoms with van der Waals surface area (Å²) in [4.78, 5) is 72.9. The molecule has 584 valence electrons. The summed E-state index contributed by atoms with van der Waals surface area (Å²) in [6, 6.07) is 0. The number of esters is 4. The summed E-state index contributed by atoms with van der Waals surface area (Å²) in [6.07, 6.45) is 60.4. The van der Waals surface area contributed by atoms with E-state index in [2.05, 4.69) is 72.8 Å². The van der Waals surface area contributed by atoms with Gasteiger partial charge in [-0.2, -0.15) is 0 Å². The van der Waals surface area contributed by atoms with Crippen molar-refractivity contribution in [3.05, 3.63) is 24.3 Å². The van der Waals surface area contributed by atoms with E-state index in [1.54, 1.807) is 0 Å². The minimum absolute atomic E-state index is 0.0849. The lowest BCUT2D eigenvalue weighted by atomic mass is 9.99. The van der Waals surface area contributed by atoms with Gasteiger partial charge in [0, 0.05) is 25.7 Å². The Kier molecular flexibility index (Phi) is 68.1. The van der Waals surface area contributed by atoms with E-state index in [1.165, 1.54) is 180 Å². The fraction of sp³-hybridized carbons (Fsp3) is 0.900. The lowest BCUT2D eigenvalue weighted by molar-refractivity contribution is -0.161. The molecule has 17 nitrogen and oxygen atoms in total. The second-order valence-corrected chi connectivity index (χ2v) is 32.2. The molecule has 0 saturated heterocycles. The molecule has 99 heavy (non-hydrogen) atoms. The van der Waals surface area contributed by atoms with Crippen molar-refractivity contribution in [1.82, 2.24) is 0 Å². The average molecular weight is 1450 g/mol. The van der Waals surface area contributed by atoms with Crippen molar-refractivity contribution in [2.45, 2.75) is 407 Å². The van der Waals surface area contributed by atoms with Crippen LogP contribution in [0.5, 0.6) is 0 Å². The van der Waals surface area contributed by atoms with Crippen LogP contribution in [0.2, 0.25) is 0 Å². The van der Waals surface area contributed by atoms with Crippen molar-refractivity contribution < 1.29 is 80.2 Å². The topological polar surface area (TPSA) is 237 Å². The average Bonchev–Trinajstić information content (AvgIpc) is 1.28. The van der Waals surface area contributed by atoms with Gasteiger partial charge in [0.05, 0.1) is 26.4 Å². The molecular weight excluding hydrogens is 1290 g/mol. The van der Waals surface area contributed by atoms with Crippen LogP contribution < -0.4 is 0 Å². The number of ether oxygens (including phenoxy) is 4. The molecule has 4 unspecified atom stereocenters. The largest absolute Gasteiger partial charge is 0.472 e. The molecule has 0 aliphatic rings. The van der Waals surface area contributed by atoms with Crippen LogP contribution >= 0.6 is 15.6 Å². The second-order valence-electron chi connectivity index (χ2n) is 29.3. The lowest BCUT2D eigenvalue weighted by Gasteiger charge is -2.21. The van der Waals surface area contributed by atoms with Gasteiger partial charge in [0.25, 0.3) is 0 Å². The van der Waals surface area contributed by atoms with E-state index in [9.17, 15) is 43.2 Å². The normalized spacial score (nSPS) is 14.4. The van der Waals surface area contributed by atoms with Gasteiger partial charge in [0.15, 0.2) is 12.2 Å². The predicted octanol–water partition coefficient (Wildman–Crippen LogP) is 23.3. The highest BCUT2D eigenvalue weighted by atomic mass is 31.2. The Hall–Kier alpha value is -2.46. The summed E-state index contributed by atoms with van der Waals surface area (Å²) in [6.45, 7) is 11.9. The van der Waals surface area contributed by atoms with Crippen molar-refractivity contribution in [3.8, 4) is 0 Å². The molecule has 0 aromatic carbocycles. The van der Waals surface area contributed by atoms with Gasteiger partial charge in [0.2, 0.25) is 0 Å². The molecule has 0 aromatic rings. The van der Waals surface area contributed by atoms with Crippen LogP contribution in [0.4, 0.5) is 0 Å². The van der Waals surface area contributed by atoms with Crippen LogP contribution in [0.3, 0.4) is 0 Å². The molecule has 6 atom stereocenters. The summed E-state index contributed by atoms with van der Waals surface area (Å²) < 4.78 is 68.6. The Bertz CT molecular complexity index is 2020. The quantitative estimate of drug-likeness (QED) is 0.0169. The first-order valence-corrected chi connectivity index (χ1v) is 43.7. The maximum Gasteiger partial charge on any atom is 0.472 e. The van der Waals surface area contributed by atoms with E-state index >= 15 is 0 Å². The van der Waals surface area contributed by atoms with Gasteiger partial charge in [0.1, 0.15) is 19.3 Å². The summed E-state index contributed by atoms with van der Waals surface area (Å²) in [5.74, 6) is 0.193. The summed E-state index contributed by atoms with van der Waals surface area (Å²) >= 11 is 0. The van der Waals surface area contributed by atoms with Gasteiger partial charge in [-0.3, -0.25) is 37.3 Å². The molecule has 0 aromatic heterocycles. The number of carbonyl (C=O) groups is 4. The van der Waals surface area contributed by atoms with Gasteiger partial charge >= 0.3 is 39.5 Å². The maximum absolute atomic E-state index is 13.1. The smallest absolute Gasteiger partial charge is 0.462 e. The highest BCUT2D eigenvalue weighted by Gasteiger charge is 2.30. The van der Waals surface area contributed by atoms with Crippen LogP contribution in [0.25, 0.3) is 0 Å². The zero-order valence-electron chi connectivity index (χ0n) is 64.4. The third kappa shape index (κ3) is 72.3. The molecule has 3 N–H and O–H groups in total. The van der Waals surface area contributed by atoms with Crippen LogP contribution in [0.15, 0.2) is 24.3 Å². The summed E-state index contributed by atoms with van der Waals surface area (Å²) in [5, 5.41) is 10.6. The van der Waals surface area contributed by atoms with E-state index < -0.39 is 97.5 Å². The second kappa shape index (κ2) is 69.9. The van der Waals surface area contributed by atoms with Crippen molar-refractivity contribution in [2.75, 3.05) is 39.6 Å². The molecule has 0 aliphatic carbocycles. The van der Waals surface area contributed by atoms with Crippen LogP contribution in [-0.4, -0.2) is 96.7 Å². The number of phosphoric acid groups is 2. The molecule has 0 aliphatic heterocycles. The third-order valence-corrected chi connectivity index (χ3v) is 20.3. The predicted molar refractivity (Wildman–Crippen MR) is 404 cm³/mol. The maximum atomic E-state index is 13.1. The first-order chi connectivity index (χ1) is 47.8. The fourth-order valence-electron chi connectivity index (χ4n) is 11.7. The Morgan fingerprint density at radius 1 is 0.333 bits per heavy atom. The molecule has 0 heterocycles. The molecule has 0 saturated carbocycles. The fourth-order valence-corrected chi connectivity index (χ4v) is 13.3. The molecule has 0 spiro atoms. The summed E-state index contributed by atoms with van der Waals surface area (Å²) in [5.41, 5.74) is 0. The van der Waals surface area contributed by atoms with Gasteiger partial charge in [-0.05, 0) is 69.1 Å². The van der Waals surface area contributed by atoms with Crippen LogP contribution in [0.1, 0.15) is 389 Å². The molecule has 0 fully saturated rings. The molecule has 0 radical (unpaired) electrons. The molecule has 0 bridgehead atoms. The van der Waals surface area contributed by atoms with Gasteiger partial charge in [-0.15, -0.1) is 0 Å². The number of hydrogen-bond acceptors (Lipinski definition) is 15. The third-order valence-electron chi connectivity index (χ3n) is 18.4. The van der Waals surface area contributed by atoms with Crippen molar-refractivity contribution in [3.63, 3.8) is 0 Å². The highest BCUT2D eigenvalue weighted by molar-refractivity contribution is 7.47. The molecule has 19 heteroatoms. The standard InChI is InChI=1S/C80H152O17P2/c1-8-10-11-12-13-14-15-16-17-23-29-34-41-49-56-63-79(84)96-75(67-90-77(82)61-54-47-40-33-28-25-20-21-26-31-37-44-51-58-71(3)4)69-94-98(86,87)92-65-74(81)66-93-99(88,89)95-70-76(68-91-78(83)62-55-48-43-36-38-45-52-59-72(5)6)97-80(85)64-57-50-42-35-30-24-19-18-22-27-32-39-46-53-60-73(7)9-2/h14-17,71-76,81H,8-13,18-70H2,1-7H3,(H,86,87)(H,88,89)/b15-14-,17-16-/t73?,74?,75-,76-/m1/s1. The Morgan fingerprint density at radius 2 is 0.596 bits per heavy atom. The van der Waals surface area contributed by atoms with Gasteiger partial charge < -0.3 is 33.8 Å². The van der Waals surface area contributed by atoms with E-state index in [1.807, 2.05) is 0 Å². The van der Waals surface area contributed by atoms with E-state index in [-0.39, 0.29) is 25.7 Å². The Balaban J connectivity index is 5.27. The first kappa shape index (κ1) is 96.5. The number of hydrogen-bond donors (Lipinski definition) is 3. The minimum atomic E-state index is -4.97. The van der Waals surface area contributed by atoms with Crippen molar-refractivity contribution in [1.29, 1.82) is 0 Å².